The van der Waals surface area contributed by atoms with Gasteiger partial charge in [0.15, 0.2) is 0 Å². The van der Waals surface area contributed by atoms with Gasteiger partial charge in [-0.25, -0.2) is 13.1 Å². The average Bonchev–Trinajstić information content (AvgIpc) is 2.77. The van der Waals surface area contributed by atoms with Crippen LogP contribution in [0.25, 0.3) is 0 Å². The van der Waals surface area contributed by atoms with Gasteiger partial charge in [-0.2, -0.15) is 11.8 Å². The molecule has 0 fully saturated rings. The maximum atomic E-state index is 11.7. The molecule has 1 rings (SSSR count). The van der Waals surface area contributed by atoms with Crippen LogP contribution < -0.4 is 4.72 Å². The van der Waals surface area contributed by atoms with E-state index in [-0.39, 0.29) is 17.5 Å². The van der Waals surface area contributed by atoms with Gasteiger partial charge < -0.3 is 9.52 Å². The number of nitrogens with one attached hydrogen (secondary N) is 1. The van der Waals surface area contributed by atoms with Gasteiger partial charge in [0.05, 0.1) is 0 Å². The van der Waals surface area contributed by atoms with Gasteiger partial charge in [0.1, 0.15) is 12.4 Å². The van der Waals surface area contributed by atoms with E-state index in [1.807, 2.05) is 13.2 Å². The Morgan fingerprint density at radius 3 is 2.76 bits per heavy atom. The fourth-order valence-electron chi connectivity index (χ4n) is 1.17. The van der Waals surface area contributed by atoms with Crippen molar-refractivity contribution >= 4 is 21.8 Å². The van der Waals surface area contributed by atoms with Crippen molar-refractivity contribution in [3.8, 4) is 0 Å². The van der Waals surface area contributed by atoms with Gasteiger partial charge in [0.2, 0.25) is 5.09 Å². The van der Waals surface area contributed by atoms with E-state index < -0.39 is 10.0 Å². The molecule has 0 saturated carbocycles. The second-order valence-corrected chi connectivity index (χ2v) is 6.59. The summed E-state index contributed by atoms with van der Waals surface area (Å²) in [7, 11) is -3.59. The Labute approximate surface area is 106 Å². The van der Waals surface area contributed by atoms with Crippen LogP contribution in [0.4, 0.5) is 0 Å². The lowest BCUT2D eigenvalue weighted by atomic mass is 10.3. The molecule has 0 aromatic carbocycles. The molecule has 1 aromatic heterocycles. The Kier molecular flexibility index (Phi) is 5.51. The van der Waals surface area contributed by atoms with Gasteiger partial charge in [0.25, 0.3) is 10.0 Å². The molecule has 17 heavy (non-hydrogen) atoms. The van der Waals surface area contributed by atoms with Gasteiger partial charge >= 0.3 is 0 Å². The maximum absolute atomic E-state index is 11.7. The summed E-state index contributed by atoms with van der Waals surface area (Å²) in [6.45, 7) is 2.11. The first-order valence-corrected chi connectivity index (χ1v) is 7.98. The molecule has 1 atom stereocenters. The Balaban J connectivity index is 2.56. The average molecular weight is 279 g/mol. The highest BCUT2D eigenvalue weighted by molar-refractivity contribution is 7.99. The minimum Gasteiger partial charge on any atom is -0.446 e. The lowest BCUT2D eigenvalue weighted by molar-refractivity contribution is 0.236. The normalized spacial score (nSPS) is 13.8. The standard InChI is InChI=1S/C10H17NO4S2/c1-8(16-2)5-6-11-17(13,14)10-4-3-9(7-12)15-10/h3-4,8,11-12H,5-7H2,1-2H3. The Bertz CT molecular complexity index is 441. The zero-order valence-electron chi connectivity index (χ0n) is 9.84. The first kappa shape index (κ1) is 14.6. The third-order valence-electron chi connectivity index (χ3n) is 2.30. The number of thioether (sulfide) groups is 1. The van der Waals surface area contributed by atoms with Crippen LogP contribution in [0.15, 0.2) is 21.6 Å². The summed E-state index contributed by atoms with van der Waals surface area (Å²) in [6.07, 6.45) is 2.74. The first-order valence-electron chi connectivity index (χ1n) is 5.21. The van der Waals surface area contributed by atoms with Crippen LogP contribution in [0.1, 0.15) is 19.1 Å². The monoisotopic (exact) mass is 279 g/mol. The minimum absolute atomic E-state index is 0.154. The minimum atomic E-state index is -3.59. The van der Waals surface area contributed by atoms with Crippen LogP contribution in [0.3, 0.4) is 0 Å². The largest absolute Gasteiger partial charge is 0.446 e. The molecule has 2 N–H and O–H groups in total. The lowest BCUT2D eigenvalue weighted by Gasteiger charge is -2.08. The Morgan fingerprint density at radius 2 is 2.24 bits per heavy atom. The zero-order chi connectivity index (χ0) is 12.9. The topological polar surface area (TPSA) is 79.5 Å². The molecule has 5 nitrogen and oxygen atoms in total. The molecule has 0 bridgehead atoms. The van der Waals surface area contributed by atoms with Crippen LogP contribution in [-0.2, 0) is 16.6 Å². The van der Waals surface area contributed by atoms with Crippen LogP contribution >= 0.6 is 11.8 Å². The summed E-state index contributed by atoms with van der Waals surface area (Å²) < 4.78 is 30.9. The van der Waals surface area contributed by atoms with E-state index in [0.29, 0.717) is 11.8 Å². The van der Waals surface area contributed by atoms with Gasteiger partial charge in [-0.15, -0.1) is 0 Å². The van der Waals surface area contributed by atoms with Crippen LogP contribution in [0.2, 0.25) is 0 Å². The highest BCUT2D eigenvalue weighted by Gasteiger charge is 2.18. The van der Waals surface area contributed by atoms with Crippen molar-refractivity contribution in [3.05, 3.63) is 17.9 Å². The summed E-state index contributed by atoms with van der Waals surface area (Å²) >= 11 is 1.69. The number of aliphatic hydroxyl groups excluding tert-OH is 1. The fraction of sp³-hybridized carbons (Fsp3) is 0.600. The fourth-order valence-corrected chi connectivity index (χ4v) is 2.52. The number of aliphatic hydroxyl groups is 1. The van der Waals surface area contributed by atoms with E-state index in [0.717, 1.165) is 6.42 Å². The molecule has 1 aromatic rings. The molecule has 0 spiro atoms. The van der Waals surface area contributed by atoms with Crippen molar-refractivity contribution in [2.24, 2.45) is 0 Å². The van der Waals surface area contributed by atoms with Gasteiger partial charge in [0, 0.05) is 11.8 Å². The number of hydrogen-bond acceptors (Lipinski definition) is 5. The molecule has 0 aliphatic carbocycles. The third kappa shape index (κ3) is 4.34. The lowest BCUT2D eigenvalue weighted by Crippen LogP contribution is -2.25. The maximum Gasteiger partial charge on any atom is 0.273 e. The van der Waals surface area contributed by atoms with Crippen LogP contribution in [0, 0.1) is 0 Å². The van der Waals surface area contributed by atoms with Crippen molar-refractivity contribution < 1.29 is 17.9 Å². The van der Waals surface area contributed by atoms with E-state index in [9.17, 15) is 8.42 Å². The van der Waals surface area contributed by atoms with E-state index in [1.54, 1.807) is 11.8 Å². The van der Waals surface area contributed by atoms with Crippen molar-refractivity contribution in [3.63, 3.8) is 0 Å². The van der Waals surface area contributed by atoms with E-state index in [2.05, 4.69) is 4.72 Å². The predicted molar refractivity (Wildman–Crippen MR) is 67.4 cm³/mol. The number of furan rings is 1. The van der Waals surface area contributed by atoms with Crippen molar-refractivity contribution in [1.82, 2.24) is 4.72 Å². The zero-order valence-corrected chi connectivity index (χ0v) is 11.5. The smallest absolute Gasteiger partial charge is 0.273 e. The second kappa shape index (κ2) is 6.44. The predicted octanol–water partition coefficient (Wildman–Crippen LogP) is 1.19. The Hall–Kier alpha value is -0.500. The molecule has 1 heterocycles. The molecule has 0 amide bonds. The molecule has 98 valence electrons. The van der Waals surface area contributed by atoms with Gasteiger partial charge in [-0.1, -0.05) is 6.92 Å². The van der Waals surface area contributed by atoms with Crippen molar-refractivity contribution in [1.29, 1.82) is 0 Å². The van der Waals surface area contributed by atoms with Gasteiger partial charge in [-0.3, -0.25) is 0 Å². The molecular weight excluding hydrogens is 262 g/mol. The summed E-state index contributed by atoms with van der Waals surface area (Å²) in [5.41, 5.74) is 0. The van der Waals surface area contributed by atoms with Crippen molar-refractivity contribution in [2.75, 3.05) is 12.8 Å². The quantitative estimate of drug-likeness (QED) is 0.784. The highest BCUT2D eigenvalue weighted by atomic mass is 32.2. The number of sulfonamides is 1. The molecule has 0 aliphatic heterocycles. The molecular formula is C10H17NO4S2. The third-order valence-corrected chi connectivity index (χ3v) is 4.68. The molecule has 7 heteroatoms. The van der Waals surface area contributed by atoms with E-state index in [1.165, 1.54) is 12.1 Å². The Morgan fingerprint density at radius 1 is 1.53 bits per heavy atom. The van der Waals surface area contributed by atoms with Crippen LogP contribution in [-0.4, -0.2) is 31.6 Å². The molecule has 0 radical (unpaired) electrons. The summed E-state index contributed by atoms with van der Waals surface area (Å²) in [6, 6.07) is 2.78. The molecule has 0 aliphatic rings. The molecule has 1 unspecified atom stereocenters. The van der Waals surface area contributed by atoms with Crippen LogP contribution in [0.5, 0.6) is 0 Å². The van der Waals surface area contributed by atoms with Gasteiger partial charge in [-0.05, 0) is 24.8 Å². The highest BCUT2D eigenvalue weighted by Crippen LogP contribution is 2.14. The van der Waals surface area contributed by atoms with E-state index in [4.69, 9.17) is 9.52 Å². The molecule has 0 saturated heterocycles. The summed E-state index contributed by atoms with van der Waals surface area (Å²) in [5.74, 6) is 0.239. The second-order valence-electron chi connectivity index (χ2n) is 3.61. The van der Waals surface area contributed by atoms with Crippen molar-refractivity contribution in [2.45, 2.75) is 30.3 Å². The SMILES string of the molecule is CSC(C)CCNS(=O)(=O)c1ccc(CO)o1. The van der Waals surface area contributed by atoms with E-state index >= 15 is 0 Å². The number of hydrogen-bond donors (Lipinski definition) is 2. The summed E-state index contributed by atoms with van der Waals surface area (Å²) in [4.78, 5) is 0. The number of rotatable bonds is 7. The summed E-state index contributed by atoms with van der Waals surface area (Å²) in [5, 5.41) is 9.04. The first-order chi connectivity index (χ1) is 7.99.